The Kier molecular flexibility index (Phi) is 4.39. The molecule has 0 radical (unpaired) electrons. The quantitative estimate of drug-likeness (QED) is 0.631. The summed E-state index contributed by atoms with van der Waals surface area (Å²) in [6.45, 7) is -0.517. The SMILES string of the molecule is O=C1CN(C(=O)Oc2ccc([N+](=O)[O-])cc2)c2ncc(C(F)(F)F)cc2N1. The number of nitrogens with zero attached hydrogens (tertiary/aromatic N) is 3. The number of carbonyl (C=O) groups is 2. The summed E-state index contributed by atoms with van der Waals surface area (Å²) in [4.78, 5) is 38.4. The molecule has 140 valence electrons. The van der Waals surface area contributed by atoms with E-state index in [4.69, 9.17) is 4.74 Å². The predicted molar refractivity (Wildman–Crippen MR) is 84.3 cm³/mol. The maximum Gasteiger partial charge on any atom is 0.421 e. The van der Waals surface area contributed by atoms with E-state index in [1.807, 2.05) is 0 Å². The lowest BCUT2D eigenvalue weighted by molar-refractivity contribution is -0.384. The summed E-state index contributed by atoms with van der Waals surface area (Å²) in [6.07, 6.45) is -5.22. The Labute approximate surface area is 148 Å². The van der Waals surface area contributed by atoms with Crippen LogP contribution in [0.3, 0.4) is 0 Å². The number of hydrogen-bond donors (Lipinski definition) is 1. The number of alkyl halides is 3. The highest BCUT2D eigenvalue weighted by Gasteiger charge is 2.35. The summed E-state index contributed by atoms with van der Waals surface area (Å²) < 4.78 is 43.4. The van der Waals surface area contributed by atoms with Crippen LogP contribution >= 0.6 is 0 Å². The van der Waals surface area contributed by atoms with Gasteiger partial charge in [0.2, 0.25) is 5.91 Å². The lowest BCUT2D eigenvalue weighted by Crippen LogP contribution is -2.44. The number of carbonyl (C=O) groups excluding carboxylic acids is 2. The van der Waals surface area contributed by atoms with Crippen molar-refractivity contribution < 1.29 is 32.4 Å². The van der Waals surface area contributed by atoms with Gasteiger partial charge in [-0.25, -0.2) is 14.7 Å². The molecular weight excluding hydrogens is 373 g/mol. The lowest BCUT2D eigenvalue weighted by atomic mass is 10.2. The maximum absolute atomic E-state index is 12.8. The molecule has 2 aromatic rings. The van der Waals surface area contributed by atoms with E-state index in [1.165, 1.54) is 12.1 Å². The first-order valence-corrected chi connectivity index (χ1v) is 7.26. The van der Waals surface area contributed by atoms with Crippen molar-refractivity contribution in [3.63, 3.8) is 0 Å². The van der Waals surface area contributed by atoms with Crippen LogP contribution in [0.15, 0.2) is 36.5 Å². The monoisotopic (exact) mass is 382 g/mol. The number of amides is 2. The summed E-state index contributed by atoms with van der Waals surface area (Å²) in [6, 6.07) is 5.20. The number of nitro groups is 1. The summed E-state index contributed by atoms with van der Waals surface area (Å²) in [5.41, 5.74) is -1.60. The predicted octanol–water partition coefficient (Wildman–Crippen LogP) is 2.97. The second-order valence-electron chi connectivity index (χ2n) is 5.35. The maximum atomic E-state index is 12.8. The van der Waals surface area contributed by atoms with Gasteiger partial charge in [-0.2, -0.15) is 13.2 Å². The Morgan fingerprint density at radius 2 is 1.96 bits per heavy atom. The number of benzene rings is 1. The van der Waals surface area contributed by atoms with Crippen LogP contribution in [-0.4, -0.2) is 28.5 Å². The minimum absolute atomic E-state index is 0.0509. The Balaban J connectivity index is 1.85. The fraction of sp³-hybridized carbons (Fsp3) is 0.133. The highest BCUT2D eigenvalue weighted by molar-refractivity contribution is 6.07. The normalized spacial score (nSPS) is 13.6. The second kappa shape index (κ2) is 6.55. The molecule has 0 unspecified atom stereocenters. The third kappa shape index (κ3) is 3.78. The van der Waals surface area contributed by atoms with Crippen molar-refractivity contribution in [2.45, 2.75) is 6.18 Å². The lowest BCUT2D eigenvalue weighted by Gasteiger charge is -2.27. The molecule has 0 saturated carbocycles. The van der Waals surface area contributed by atoms with E-state index < -0.39 is 35.2 Å². The van der Waals surface area contributed by atoms with Crippen LogP contribution in [0.25, 0.3) is 0 Å². The van der Waals surface area contributed by atoms with E-state index >= 15 is 0 Å². The van der Waals surface area contributed by atoms with Gasteiger partial charge >= 0.3 is 12.3 Å². The van der Waals surface area contributed by atoms with Gasteiger partial charge in [-0.1, -0.05) is 0 Å². The molecule has 1 aromatic heterocycles. The van der Waals surface area contributed by atoms with Crippen LogP contribution in [0.1, 0.15) is 5.56 Å². The fourth-order valence-electron chi connectivity index (χ4n) is 2.27. The molecule has 9 nitrogen and oxygen atoms in total. The fourth-order valence-corrected chi connectivity index (χ4v) is 2.27. The third-order valence-corrected chi connectivity index (χ3v) is 3.50. The molecule has 0 saturated heterocycles. The van der Waals surface area contributed by atoms with Gasteiger partial charge in [-0.15, -0.1) is 0 Å². The first kappa shape index (κ1) is 18.1. The third-order valence-electron chi connectivity index (χ3n) is 3.50. The van der Waals surface area contributed by atoms with Gasteiger partial charge in [0.15, 0.2) is 5.82 Å². The van der Waals surface area contributed by atoms with E-state index in [2.05, 4.69) is 10.3 Å². The Morgan fingerprint density at radius 3 is 2.56 bits per heavy atom. The van der Waals surface area contributed by atoms with Crippen LogP contribution in [0.2, 0.25) is 0 Å². The average molecular weight is 382 g/mol. The highest BCUT2D eigenvalue weighted by Crippen LogP contribution is 2.35. The molecule has 2 amide bonds. The molecule has 1 N–H and O–H groups in total. The molecule has 1 aliphatic rings. The summed E-state index contributed by atoms with van der Waals surface area (Å²) in [5, 5.41) is 12.8. The van der Waals surface area contributed by atoms with Gasteiger partial charge < -0.3 is 10.1 Å². The number of hydrogen-bond acceptors (Lipinski definition) is 6. The minimum atomic E-state index is -4.67. The van der Waals surface area contributed by atoms with Gasteiger partial charge in [-0.05, 0) is 18.2 Å². The molecule has 0 atom stereocenters. The minimum Gasteiger partial charge on any atom is -0.410 e. The van der Waals surface area contributed by atoms with Crippen molar-refractivity contribution in [3.05, 3.63) is 52.2 Å². The number of aromatic nitrogens is 1. The number of nitrogens with one attached hydrogen (secondary N) is 1. The molecule has 1 aromatic carbocycles. The molecule has 12 heteroatoms. The molecule has 0 spiro atoms. The highest BCUT2D eigenvalue weighted by atomic mass is 19.4. The molecule has 0 bridgehead atoms. The van der Waals surface area contributed by atoms with Crippen LogP contribution in [-0.2, 0) is 11.0 Å². The summed E-state index contributed by atoms with van der Waals surface area (Å²) in [7, 11) is 0. The van der Waals surface area contributed by atoms with Gasteiger partial charge in [0, 0.05) is 18.3 Å². The molecule has 0 aliphatic carbocycles. The Hall–Kier alpha value is -3.70. The number of pyridine rings is 1. The number of rotatable bonds is 2. The van der Waals surface area contributed by atoms with Gasteiger partial charge in [0.25, 0.3) is 5.69 Å². The molecule has 3 rings (SSSR count). The van der Waals surface area contributed by atoms with E-state index in [0.29, 0.717) is 12.3 Å². The van der Waals surface area contributed by atoms with Crippen molar-refractivity contribution >= 4 is 29.2 Å². The zero-order valence-electron chi connectivity index (χ0n) is 13.2. The zero-order chi connectivity index (χ0) is 19.8. The van der Waals surface area contributed by atoms with Crippen molar-refractivity contribution in [3.8, 4) is 5.75 Å². The van der Waals surface area contributed by atoms with Crippen LogP contribution in [0, 0.1) is 10.1 Å². The van der Waals surface area contributed by atoms with Gasteiger partial charge in [0.1, 0.15) is 12.3 Å². The van der Waals surface area contributed by atoms with E-state index in [9.17, 15) is 32.9 Å². The van der Waals surface area contributed by atoms with Crippen LogP contribution in [0.4, 0.5) is 35.2 Å². The smallest absolute Gasteiger partial charge is 0.410 e. The second-order valence-corrected chi connectivity index (χ2v) is 5.35. The average Bonchev–Trinajstić information content (AvgIpc) is 2.60. The topological polar surface area (TPSA) is 115 Å². The number of fused-ring (bicyclic) bond motifs is 1. The number of halogens is 3. The molecule has 1 aliphatic heterocycles. The van der Waals surface area contributed by atoms with Gasteiger partial charge in [0.05, 0.1) is 16.2 Å². The Bertz CT molecular complexity index is 930. The van der Waals surface area contributed by atoms with E-state index in [1.54, 1.807) is 0 Å². The van der Waals surface area contributed by atoms with Crippen LogP contribution in [0.5, 0.6) is 5.75 Å². The molecular formula is C15H9F3N4O5. The summed E-state index contributed by atoms with van der Waals surface area (Å²) >= 11 is 0. The largest absolute Gasteiger partial charge is 0.421 e. The number of ether oxygens (including phenoxy) is 1. The summed E-state index contributed by atoms with van der Waals surface area (Å²) in [5.74, 6) is -0.996. The van der Waals surface area contributed by atoms with Gasteiger partial charge in [-0.3, -0.25) is 14.9 Å². The van der Waals surface area contributed by atoms with Crippen molar-refractivity contribution in [2.24, 2.45) is 0 Å². The number of nitro benzene ring substituents is 1. The van der Waals surface area contributed by atoms with Crippen LogP contribution < -0.4 is 15.0 Å². The zero-order valence-corrected chi connectivity index (χ0v) is 13.2. The van der Waals surface area contributed by atoms with Crippen molar-refractivity contribution in [1.82, 2.24) is 4.98 Å². The molecule has 0 fully saturated rings. The molecule has 2 heterocycles. The number of non-ortho nitro benzene ring substituents is 1. The standard InChI is InChI=1S/C15H9F3N4O5/c16-15(17,18)8-5-11-13(19-6-8)21(7-12(23)20-11)14(24)27-10-3-1-9(2-4-10)22(25)26/h1-6H,7H2,(H,20,23). The van der Waals surface area contributed by atoms with E-state index in [-0.39, 0.29) is 22.9 Å². The van der Waals surface area contributed by atoms with Crippen molar-refractivity contribution in [2.75, 3.05) is 16.8 Å². The first-order chi connectivity index (χ1) is 12.6. The number of anilines is 2. The van der Waals surface area contributed by atoms with E-state index in [0.717, 1.165) is 17.0 Å². The first-order valence-electron chi connectivity index (χ1n) is 7.26. The Morgan fingerprint density at radius 1 is 1.30 bits per heavy atom. The van der Waals surface area contributed by atoms with Crippen molar-refractivity contribution in [1.29, 1.82) is 0 Å². The molecule has 27 heavy (non-hydrogen) atoms.